The quantitative estimate of drug-likeness (QED) is 0.738. The maximum absolute atomic E-state index is 12.5. The van der Waals surface area contributed by atoms with E-state index in [0.717, 1.165) is 5.56 Å². The van der Waals surface area contributed by atoms with E-state index in [1.165, 1.54) is 4.90 Å². The average molecular weight is 404 g/mol. The van der Waals surface area contributed by atoms with Gasteiger partial charge in [-0.3, -0.25) is 14.6 Å². The van der Waals surface area contributed by atoms with Crippen molar-refractivity contribution in [2.24, 2.45) is 0 Å². The Hall–Kier alpha value is -2.41. The van der Waals surface area contributed by atoms with E-state index in [2.05, 4.69) is 20.9 Å². The third-order valence-corrected chi connectivity index (χ3v) is 4.37. The second kappa shape index (κ2) is 7.65. The number of halogens is 1. The molecule has 0 spiro atoms. The van der Waals surface area contributed by atoms with Crippen LogP contribution >= 0.6 is 15.9 Å². The molecule has 130 valence electrons. The van der Waals surface area contributed by atoms with Crippen LogP contribution < -0.4 is 4.90 Å². The zero-order valence-corrected chi connectivity index (χ0v) is 15.3. The van der Waals surface area contributed by atoms with Crippen molar-refractivity contribution in [2.75, 3.05) is 18.0 Å². The Balaban J connectivity index is 1.63. The molecule has 0 N–H and O–H groups in total. The number of aromatic nitrogens is 1. The second-order valence-electron chi connectivity index (χ2n) is 5.85. The van der Waals surface area contributed by atoms with E-state index >= 15 is 0 Å². The molecule has 0 saturated carbocycles. The van der Waals surface area contributed by atoms with Gasteiger partial charge in [0.1, 0.15) is 23.6 Å². The highest BCUT2D eigenvalue weighted by atomic mass is 79.9. The smallest absolute Gasteiger partial charge is 0.410 e. The lowest BCUT2D eigenvalue weighted by Crippen LogP contribution is -2.57. The molecule has 6 nitrogen and oxygen atoms in total. The zero-order valence-electron chi connectivity index (χ0n) is 13.8. The summed E-state index contributed by atoms with van der Waals surface area (Å²) in [7, 11) is 0. The lowest BCUT2D eigenvalue weighted by Gasteiger charge is -2.38. The fourth-order valence-electron chi connectivity index (χ4n) is 2.79. The van der Waals surface area contributed by atoms with Crippen LogP contribution in [0.1, 0.15) is 12.5 Å². The molecule has 1 saturated heterocycles. The van der Waals surface area contributed by atoms with E-state index in [1.807, 2.05) is 43.3 Å². The molecule has 3 rings (SSSR count). The fraction of sp³-hybridized carbons (Fsp3) is 0.278. The van der Waals surface area contributed by atoms with Crippen LogP contribution in [0.3, 0.4) is 0 Å². The van der Waals surface area contributed by atoms with Gasteiger partial charge in [0, 0.05) is 6.54 Å². The molecule has 1 aliphatic rings. The maximum Gasteiger partial charge on any atom is 0.410 e. The van der Waals surface area contributed by atoms with Crippen molar-refractivity contribution in [2.45, 2.75) is 19.6 Å². The largest absolute Gasteiger partial charge is 0.445 e. The van der Waals surface area contributed by atoms with Crippen LogP contribution in [0.4, 0.5) is 10.6 Å². The summed E-state index contributed by atoms with van der Waals surface area (Å²) in [5.74, 6) is 0.394. The van der Waals surface area contributed by atoms with Crippen molar-refractivity contribution in [3.63, 3.8) is 0 Å². The lowest BCUT2D eigenvalue weighted by molar-refractivity contribution is -0.121. The number of nitrogens with zero attached hydrogens (tertiary/aromatic N) is 3. The summed E-state index contributed by atoms with van der Waals surface area (Å²) in [6.07, 6.45) is -0.481. The lowest BCUT2D eigenvalue weighted by atomic mass is 10.2. The zero-order chi connectivity index (χ0) is 17.8. The van der Waals surface area contributed by atoms with Crippen LogP contribution in [0.5, 0.6) is 0 Å². The number of amides is 2. The number of carbonyl (C=O) groups is 2. The first-order valence-electron chi connectivity index (χ1n) is 7.95. The molecule has 1 aromatic heterocycles. The predicted octanol–water partition coefficient (Wildman–Crippen LogP) is 3.22. The number of hydrogen-bond donors (Lipinski definition) is 0. The van der Waals surface area contributed by atoms with Crippen LogP contribution in [-0.4, -0.2) is 41.0 Å². The maximum atomic E-state index is 12.5. The number of rotatable bonds is 3. The molecule has 2 amide bonds. The highest BCUT2D eigenvalue weighted by Crippen LogP contribution is 2.21. The Labute approximate surface area is 154 Å². The first kappa shape index (κ1) is 17.4. The molecule has 0 unspecified atom stereocenters. The molecule has 0 aliphatic carbocycles. The van der Waals surface area contributed by atoms with Crippen molar-refractivity contribution in [3.8, 4) is 0 Å². The summed E-state index contributed by atoms with van der Waals surface area (Å²) in [6.45, 7) is 2.45. The Morgan fingerprint density at radius 1 is 1.24 bits per heavy atom. The number of benzene rings is 1. The van der Waals surface area contributed by atoms with Crippen molar-refractivity contribution < 1.29 is 14.3 Å². The van der Waals surface area contributed by atoms with Crippen LogP contribution in [0.15, 0.2) is 53.1 Å². The Bertz CT molecular complexity index is 769. The van der Waals surface area contributed by atoms with Crippen LogP contribution in [0.25, 0.3) is 0 Å². The topological polar surface area (TPSA) is 62.7 Å². The minimum absolute atomic E-state index is 0.0217. The van der Waals surface area contributed by atoms with Gasteiger partial charge in [0.15, 0.2) is 0 Å². The van der Waals surface area contributed by atoms with Gasteiger partial charge in [0.05, 0.1) is 6.04 Å². The van der Waals surface area contributed by atoms with Gasteiger partial charge >= 0.3 is 6.09 Å². The van der Waals surface area contributed by atoms with Gasteiger partial charge in [0.25, 0.3) is 0 Å². The van der Waals surface area contributed by atoms with E-state index in [1.54, 1.807) is 17.0 Å². The first-order chi connectivity index (χ1) is 12.0. The molecular weight excluding hydrogens is 386 g/mol. The predicted molar refractivity (Wildman–Crippen MR) is 97.1 cm³/mol. The molecule has 7 heteroatoms. The van der Waals surface area contributed by atoms with Crippen LogP contribution in [0, 0.1) is 0 Å². The molecule has 1 fully saturated rings. The summed E-state index contributed by atoms with van der Waals surface area (Å²) in [6, 6.07) is 14.7. The van der Waals surface area contributed by atoms with Gasteiger partial charge in [-0.1, -0.05) is 36.4 Å². The summed E-state index contributed by atoms with van der Waals surface area (Å²) < 4.78 is 5.98. The molecule has 25 heavy (non-hydrogen) atoms. The second-order valence-corrected chi connectivity index (χ2v) is 6.66. The van der Waals surface area contributed by atoms with E-state index in [9.17, 15) is 9.59 Å². The third-order valence-electron chi connectivity index (χ3n) is 3.93. The number of anilines is 1. The summed E-state index contributed by atoms with van der Waals surface area (Å²) in [5, 5.41) is 0. The molecule has 1 aromatic carbocycles. The summed E-state index contributed by atoms with van der Waals surface area (Å²) >= 11 is 3.31. The molecule has 2 aromatic rings. The van der Waals surface area contributed by atoms with E-state index < -0.39 is 6.09 Å². The number of piperazine rings is 1. The SMILES string of the molecule is C[C@H]1CN(C(=O)OCc2ccccc2)CC(=O)N1c1cccc(Br)n1. The first-order valence-corrected chi connectivity index (χ1v) is 8.74. The Kier molecular flexibility index (Phi) is 5.33. The van der Waals surface area contributed by atoms with Gasteiger partial charge in [-0.15, -0.1) is 0 Å². The molecule has 1 aliphatic heterocycles. The number of ether oxygens (including phenoxy) is 1. The van der Waals surface area contributed by atoms with E-state index in [-0.39, 0.29) is 25.1 Å². The van der Waals surface area contributed by atoms with Gasteiger partial charge in [0.2, 0.25) is 5.91 Å². The molecule has 0 bridgehead atoms. The monoisotopic (exact) mass is 403 g/mol. The van der Waals surface area contributed by atoms with Crippen molar-refractivity contribution in [1.29, 1.82) is 0 Å². The number of carbonyl (C=O) groups excluding carboxylic acids is 2. The highest BCUT2D eigenvalue weighted by molar-refractivity contribution is 9.10. The summed E-state index contributed by atoms with van der Waals surface area (Å²) in [4.78, 5) is 32.2. The van der Waals surface area contributed by atoms with Crippen molar-refractivity contribution in [3.05, 3.63) is 58.7 Å². The van der Waals surface area contributed by atoms with E-state index in [4.69, 9.17) is 4.74 Å². The Morgan fingerprint density at radius 2 is 2.00 bits per heavy atom. The normalized spacial score (nSPS) is 17.5. The Morgan fingerprint density at radius 3 is 2.68 bits per heavy atom. The van der Waals surface area contributed by atoms with Gasteiger partial charge in [-0.05, 0) is 40.5 Å². The van der Waals surface area contributed by atoms with E-state index in [0.29, 0.717) is 17.0 Å². The molecule has 2 heterocycles. The molecule has 1 atom stereocenters. The van der Waals surface area contributed by atoms with Crippen LogP contribution in [0.2, 0.25) is 0 Å². The third kappa shape index (κ3) is 4.17. The minimum atomic E-state index is -0.481. The van der Waals surface area contributed by atoms with Crippen LogP contribution in [-0.2, 0) is 16.1 Å². The van der Waals surface area contributed by atoms with Crippen molar-refractivity contribution >= 4 is 33.7 Å². The van der Waals surface area contributed by atoms with Crippen molar-refractivity contribution in [1.82, 2.24) is 9.88 Å². The number of hydrogen-bond acceptors (Lipinski definition) is 4. The molecular formula is C18H18BrN3O3. The highest BCUT2D eigenvalue weighted by Gasteiger charge is 2.34. The van der Waals surface area contributed by atoms with Gasteiger partial charge in [-0.25, -0.2) is 9.78 Å². The standard InChI is InChI=1S/C18H18BrN3O3/c1-13-10-21(18(24)25-12-14-6-3-2-4-7-14)11-17(23)22(13)16-9-5-8-15(19)20-16/h2-9,13H,10-12H2,1H3/t13-/m0/s1. The number of pyridine rings is 1. The van der Waals surface area contributed by atoms with Gasteiger partial charge in [-0.2, -0.15) is 0 Å². The average Bonchev–Trinajstić information content (AvgIpc) is 2.60. The minimum Gasteiger partial charge on any atom is -0.445 e. The molecule has 0 radical (unpaired) electrons. The fourth-order valence-corrected chi connectivity index (χ4v) is 3.12. The summed E-state index contributed by atoms with van der Waals surface area (Å²) in [5.41, 5.74) is 0.909. The van der Waals surface area contributed by atoms with Gasteiger partial charge < -0.3 is 4.74 Å².